The largest absolute Gasteiger partial charge is 0.497 e. The number of benzene rings is 1. The molecule has 136 valence electrons. The summed E-state index contributed by atoms with van der Waals surface area (Å²) in [6.45, 7) is 0.142. The zero-order chi connectivity index (χ0) is 18.0. The predicted octanol–water partition coefficient (Wildman–Crippen LogP) is 2.69. The molecule has 0 aliphatic carbocycles. The first kappa shape index (κ1) is 17.6. The first-order valence-corrected chi connectivity index (χ1v) is 7.97. The van der Waals surface area contributed by atoms with Crippen LogP contribution in [0.5, 0.6) is 5.75 Å². The molecule has 0 unspecified atom stereocenters. The van der Waals surface area contributed by atoms with Crippen LogP contribution in [-0.2, 0) is 11.2 Å². The van der Waals surface area contributed by atoms with Gasteiger partial charge in [0, 0.05) is 43.2 Å². The summed E-state index contributed by atoms with van der Waals surface area (Å²) in [7, 11) is 1.56. The molecule has 1 aliphatic rings. The number of furan rings is 1. The lowest BCUT2D eigenvalue weighted by atomic mass is 10.1. The number of nitrogens with zero attached hydrogens (tertiary/aromatic N) is 2. The Bertz CT molecular complexity index is 749. The Labute approximate surface area is 142 Å². The van der Waals surface area contributed by atoms with E-state index in [1.807, 2.05) is 6.07 Å². The molecule has 0 radical (unpaired) electrons. The van der Waals surface area contributed by atoms with Gasteiger partial charge in [-0.25, -0.2) is 0 Å². The average Bonchev–Trinajstić information content (AvgIpc) is 2.96. The molecule has 0 atom stereocenters. The second-order valence-electron chi connectivity index (χ2n) is 6.07. The molecule has 3 rings (SSSR count). The van der Waals surface area contributed by atoms with Crippen LogP contribution in [0.25, 0.3) is 11.0 Å². The normalized spacial score (nSPS) is 16.4. The molecular formula is C17H19F3N2O3. The first-order valence-electron chi connectivity index (χ1n) is 7.97. The molecule has 1 saturated heterocycles. The Morgan fingerprint density at radius 1 is 1.24 bits per heavy atom. The number of piperazine rings is 1. The van der Waals surface area contributed by atoms with E-state index in [1.165, 1.54) is 4.90 Å². The zero-order valence-electron chi connectivity index (χ0n) is 13.8. The summed E-state index contributed by atoms with van der Waals surface area (Å²) < 4.78 is 47.8. The van der Waals surface area contributed by atoms with Crippen LogP contribution in [0.1, 0.15) is 5.56 Å². The number of rotatable bonds is 4. The average molecular weight is 356 g/mol. The SMILES string of the molecule is COc1ccc2c(CC(=O)N3CCN(CC(F)(F)F)CC3)coc2c1. The second kappa shape index (κ2) is 6.95. The summed E-state index contributed by atoms with van der Waals surface area (Å²) in [6, 6.07) is 5.38. The molecule has 0 saturated carbocycles. The Kier molecular flexibility index (Phi) is 4.89. The highest BCUT2D eigenvalue weighted by atomic mass is 19.4. The van der Waals surface area contributed by atoms with Crippen molar-refractivity contribution in [1.29, 1.82) is 0 Å². The second-order valence-corrected chi connectivity index (χ2v) is 6.07. The lowest BCUT2D eigenvalue weighted by Gasteiger charge is -2.35. The number of fused-ring (bicyclic) bond motifs is 1. The molecule has 0 spiro atoms. The van der Waals surface area contributed by atoms with Crippen molar-refractivity contribution < 1.29 is 27.1 Å². The molecule has 1 aromatic heterocycles. The van der Waals surface area contributed by atoms with Gasteiger partial charge in [0.2, 0.25) is 5.91 Å². The van der Waals surface area contributed by atoms with E-state index in [4.69, 9.17) is 9.15 Å². The van der Waals surface area contributed by atoms with Crippen molar-refractivity contribution in [3.63, 3.8) is 0 Å². The molecule has 0 bridgehead atoms. The first-order chi connectivity index (χ1) is 11.9. The lowest BCUT2D eigenvalue weighted by molar-refractivity contribution is -0.151. The molecule has 2 heterocycles. The van der Waals surface area contributed by atoms with Gasteiger partial charge in [-0.15, -0.1) is 0 Å². The molecule has 5 nitrogen and oxygen atoms in total. The minimum absolute atomic E-state index is 0.106. The van der Waals surface area contributed by atoms with Crippen LogP contribution in [0, 0.1) is 0 Å². The fourth-order valence-electron chi connectivity index (χ4n) is 3.01. The van der Waals surface area contributed by atoms with Crippen LogP contribution in [0.3, 0.4) is 0 Å². The van der Waals surface area contributed by atoms with Crippen molar-refractivity contribution in [2.24, 2.45) is 0 Å². The van der Waals surface area contributed by atoms with Crippen LogP contribution >= 0.6 is 0 Å². The van der Waals surface area contributed by atoms with Crippen LogP contribution in [0.4, 0.5) is 13.2 Å². The number of amides is 1. The van der Waals surface area contributed by atoms with E-state index in [-0.39, 0.29) is 25.4 Å². The van der Waals surface area contributed by atoms with Crippen LogP contribution < -0.4 is 4.74 Å². The molecule has 1 amide bonds. The molecule has 1 fully saturated rings. The van der Waals surface area contributed by atoms with Gasteiger partial charge < -0.3 is 14.1 Å². The van der Waals surface area contributed by atoms with Crippen molar-refractivity contribution in [1.82, 2.24) is 9.80 Å². The van der Waals surface area contributed by atoms with Gasteiger partial charge in [0.1, 0.15) is 11.3 Å². The van der Waals surface area contributed by atoms with Crippen LogP contribution in [0.15, 0.2) is 28.9 Å². The van der Waals surface area contributed by atoms with Gasteiger partial charge in [-0.05, 0) is 12.1 Å². The monoisotopic (exact) mass is 356 g/mol. The number of alkyl halides is 3. The highest BCUT2D eigenvalue weighted by Crippen LogP contribution is 2.26. The fourth-order valence-corrected chi connectivity index (χ4v) is 3.01. The number of hydrogen-bond donors (Lipinski definition) is 0. The number of carbonyl (C=O) groups is 1. The Morgan fingerprint density at radius 3 is 2.60 bits per heavy atom. The van der Waals surface area contributed by atoms with Crippen LogP contribution in [0.2, 0.25) is 0 Å². The summed E-state index contributed by atoms with van der Waals surface area (Å²) in [5, 5.41) is 0.838. The third kappa shape index (κ3) is 4.25. The number of carbonyl (C=O) groups excluding carboxylic acids is 1. The van der Waals surface area contributed by atoms with E-state index in [2.05, 4.69) is 0 Å². The Hall–Kier alpha value is -2.22. The fraction of sp³-hybridized carbons (Fsp3) is 0.471. The van der Waals surface area contributed by atoms with Gasteiger partial charge >= 0.3 is 6.18 Å². The summed E-state index contributed by atoms with van der Waals surface area (Å²) in [4.78, 5) is 15.4. The van der Waals surface area contributed by atoms with E-state index in [0.717, 1.165) is 10.9 Å². The van der Waals surface area contributed by atoms with Gasteiger partial charge in [0.05, 0.1) is 26.3 Å². The molecule has 2 aromatic rings. The maximum absolute atomic E-state index is 12.4. The topological polar surface area (TPSA) is 45.9 Å². The lowest BCUT2D eigenvalue weighted by Crippen LogP contribution is -2.51. The van der Waals surface area contributed by atoms with Gasteiger partial charge in [-0.2, -0.15) is 13.2 Å². The third-order valence-corrected chi connectivity index (χ3v) is 4.33. The molecule has 1 aliphatic heterocycles. The van der Waals surface area contributed by atoms with E-state index in [9.17, 15) is 18.0 Å². The molecule has 8 heteroatoms. The Morgan fingerprint density at radius 2 is 1.96 bits per heavy atom. The number of hydrogen-bond acceptors (Lipinski definition) is 4. The van der Waals surface area contributed by atoms with Gasteiger partial charge in [-0.1, -0.05) is 0 Å². The molecular weight excluding hydrogens is 337 g/mol. The maximum atomic E-state index is 12.4. The molecule has 0 N–H and O–H groups in total. The highest BCUT2D eigenvalue weighted by Gasteiger charge is 2.32. The minimum Gasteiger partial charge on any atom is -0.497 e. The quantitative estimate of drug-likeness (QED) is 0.845. The number of halogens is 3. The van der Waals surface area contributed by atoms with Crippen molar-refractivity contribution >= 4 is 16.9 Å². The van der Waals surface area contributed by atoms with Crippen molar-refractivity contribution in [3.8, 4) is 5.75 Å². The Balaban J connectivity index is 1.60. The summed E-state index contributed by atoms with van der Waals surface area (Å²) in [5.74, 6) is 0.561. The van der Waals surface area contributed by atoms with Gasteiger partial charge in [0.25, 0.3) is 0 Å². The van der Waals surface area contributed by atoms with E-state index in [1.54, 1.807) is 30.4 Å². The third-order valence-electron chi connectivity index (χ3n) is 4.33. The number of ether oxygens (including phenoxy) is 1. The standard InChI is InChI=1S/C17H19F3N2O3/c1-24-13-2-3-14-12(10-25-15(14)9-13)8-16(23)22-6-4-21(5-7-22)11-17(18,19)20/h2-3,9-10H,4-8,11H2,1H3. The molecule has 25 heavy (non-hydrogen) atoms. The van der Waals surface area contributed by atoms with Crippen LogP contribution in [-0.4, -0.2) is 61.7 Å². The number of methoxy groups -OCH3 is 1. The maximum Gasteiger partial charge on any atom is 0.401 e. The van der Waals surface area contributed by atoms with E-state index in [0.29, 0.717) is 24.4 Å². The summed E-state index contributed by atoms with van der Waals surface area (Å²) in [5.41, 5.74) is 1.40. The zero-order valence-corrected chi connectivity index (χ0v) is 13.8. The summed E-state index contributed by atoms with van der Waals surface area (Å²) >= 11 is 0. The minimum atomic E-state index is -4.21. The van der Waals surface area contributed by atoms with Gasteiger partial charge in [-0.3, -0.25) is 9.69 Å². The predicted molar refractivity (Wildman–Crippen MR) is 85.5 cm³/mol. The smallest absolute Gasteiger partial charge is 0.401 e. The van der Waals surface area contributed by atoms with Crippen molar-refractivity contribution in [3.05, 3.63) is 30.0 Å². The van der Waals surface area contributed by atoms with Crippen molar-refractivity contribution in [2.45, 2.75) is 12.6 Å². The van der Waals surface area contributed by atoms with Gasteiger partial charge in [0.15, 0.2) is 0 Å². The summed E-state index contributed by atoms with van der Waals surface area (Å²) in [6.07, 6.45) is -2.50. The van der Waals surface area contributed by atoms with E-state index < -0.39 is 12.7 Å². The highest BCUT2D eigenvalue weighted by molar-refractivity contribution is 5.88. The van der Waals surface area contributed by atoms with E-state index >= 15 is 0 Å². The van der Waals surface area contributed by atoms with Crippen molar-refractivity contribution in [2.75, 3.05) is 39.8 Å². The molecule has 1 aromatic carbocycles.